The molecule has 0 aliphatic rings. The fourth-order valence-electron chi connectivity index (χ4n) is 5.73. The lowest BCUT2D eigenvalue weighted by molar-refractivity contribution is -0.151. The average molecular weight is 552 g/mol. The van der Waals surface area contributed by atoms with E-state index in [1.54, 1.807) is 0 Å². The molecule has 39 heavy (non-hydrogen) atoms. The van der Waals surface area contributed by atoms with Gasteiger partial charge in [0.05, 0.1) is 6.61 Å². The van der Waals surface area contributed by atoms with Crippen LogP contribution in [0, 0.1) is 0 Å². The van der Waals surface area contributed by atoms with Crippen molar-refractivity contribution in [1.29, 1.82) is 0 Å². The topological polar surface area (TPSA) is 52.3 Å². The van der Waals surface area contributed by atoms with Crippen molar-refractivity contribution in [3.05, 3.63) is 0 Å². The molecule has 0 saturated carbocycles. The Morgan fingerprint density at radius 2 is 0.692 bits per heavy atom. The maximum absolute atomic E-state index is 13.0. The standard InChI is InChI=1S/C36H73NO2/c1-4-7-10-13-15-17-19-20-22-24-26-28-30-33-36(37,35(38)39-34-31-12-9-6-3)32-29-27-25-23-21-18-16-14-11-8-5-2/h4-34,37H2,1-3H3. The molecule has 0 rings (SSSR count). The molecule has 0 fully saturated rings. The first-order valence-corrected chi connectivity index (χ1v) is 18.1. The van der Waals surface area contributed by atoms with Crippen molar-refractivity contribution in [3.8, 4) is 0 Å². The van der Waals surface area contributed by atoms with Gasteiger partial charge in [0.15, 0.2) is 0 Å². The highest BCUT2D eigenvalue weighted by Crippen LogP contribution is 2.24. The number of ether oxygens (including phenoxy) is 1. The molecule has 0 saturated heterocycles. The van der Waals surface area contributed by atoms with Crippen LogP contribution in [0.2, 0.25) is 0 Å². The van der Waals surface area contributed by atoms with Crippen molar-refractivity contribution >= 4 is 5.97 Å². The Hall–Kier alpha value is -0.570. The normalized spacial score (nSPS) is 13.0. The molecule has 3 nitrogen and oxygen atoms in total. The summed E-state index contributed by atoms with van der Waals surface area (Å²) in [6.45, 7) is 7.31. The van der Waals surface area contributed by atoms with Crippen molar-refractivity contribution in [3.63, 3.8) is 0 Å². The summed E-state index contributed by atoms with van der Waals surface area (Å²) < 4.78 is 5.70. The Morgan fingerprint density at radius 3 is 1.00 bits per heavy atom. The van der Waals surface area contributed by atoms with E-state index in [1.807, 2.05) is 0 Å². The molecule has 0 radical (unpaired) electrons. The van der Waals surface area contributed by atoms with Gasteiger partial charge in [-0.15, -0.1) is 0 Å². The van der Waals surface area contributed by atoms with Gasteiger partial charge in [0, 0.05) is 0 Å². The summed E-state index contributed by atoms with van der Waals surface area (Å²) in [5, 5.41) is 0. The molecule has 0 amide bonds. The molecular formula is C36H73NO2. The van der Waals surface area contributed by atoms with Crippen LogP contribution in [0.1, 0.15) is 213 Å². The number of rotatable bonds is 32. The zero-order chi connectivity index (χ0) is 28.7. The summed E-state index contributed by atoms with van der Waals surface area (Å²) in [5.41, 5.74) is 5.99. The Morgan fingerprint density at radius 1 is 0.436 bits per heavy atom. The van der Waals surface area contributed by atoms with Gasteiger partial charge in [-0.2, -0.15) is 0 Å². The van der Waals surface area contributed by atoms with E-state index < -0.39 is 5.54 Å². The summed E-state index contributed by atoms with van der Waals surface area (Å²) in [6, 6.07) is 0. The average Bonchev–Trinajstić information content (AvgIpc) is 2.94. The molecule has 2 N–H and O–H groups in total. The quantitative estimate of drug-likeness (QED) is 0.0668. The molecule has 0 aromatic rings. The summed E-state index contributed by atoms with van der Waals surface area (Å²) in [5.74, 6) is -0.134. The molecule has 0 aromatic heterocycles. The first kappa shape index (κ1) is 38.4. The van der Waals surface area contributed by atoms with Crippen LogP contribution in [0.5, 0.6) is 0 Å². The van der Waals surface area contributed by atoms with E-state index in [0.29, 0.717) is 6.61 Å². The number of nitrogens with two attached hydrogens (primary N) is 1. The van der Waals surface area contributed by atoms with Crippen LogP contribution in [0.4, 0.5) is 0 Å². The fourth-order valence-corrected chi connectivity index (χ4v) is 5.73. The van der Waals surface area contributed by atoms with Gasteiger partial charge < -0.3 is 10.5 Å². The zero-order valence-corrected chi connectivity index (χ0v) is 27.3. The fraction of sp³-hybridized carbons (Fsp3) is 0.972. The van der Waals surface area contributed by atoms with E-state index in [2.05, 4.69) is 20.8 Å². The van der Waals surface area contributed by atoms with Crippen molar-refractivity contribution in [2.75, 3.05) is 6.61 Å². The van der Waals surface area contributed by atoms with Crippen molar-refractivity contribution in [2.45, 2.75) is 219 Å². The number of esters is 1. The van der Waals surface area contributed by atoms with E-state index in [0.717, 1.165) is 38.5 Å². The maximum atomic E-state index is 13.0. The van der Waals surface area contributed by atoms with E-state index in [9.17, 15) is 4.79 Å². The molecule has 1 atom stereocenters. The Labute approximate surface area is 246 Å². The molecule has 3 heteroatoms. The van der Waals surface area contributed by atoms with Gasteiger partial charge in [-0.05, 0) is 19.3 Å². The summed E-state index contributed by atoms with van der Waals surface area (Å²) in [6.07, 6.45) is 38.0. The molecule has 0 spiro atoms. The Bertz CT molecular complexity index is 494. The molecular weight excluding hydrogens is 478 g/mol. The van der Waals surface area contributed by atoms with Gasteiger partial charge >= 0.3 is 5.97 Å². The summed E-state index contributed by atoms with van der Waals surface area (Å²) >= 11 is 0. The van der Waals surface area contributed by atoms with Crippen molar-refractivity contribution in [2.24, 2.45) is 5.73 Å². The van der Waals surface area contributed by atoms with Gasteiger partial charge in [-0.3, -0.25) is 4.79 Å². The van der Waals surface area contributed by atoms with E-state index in [1.165, 1.54) is 154 Å². The molecule has 0 aliphatic heterocycles. The van der Waals surface area contributed by atoms with Gasteiger partial charge in [0.1, 0.15) is 5.54 Å². The summed E-state index contributed by atoms with van der Waals surface area (Å²) in [4.78, 5) is 13.0. The minimum atomic E-state index is -0.776. The van der Waals surface area contributed by atoms with Crippen LogP contribution < -0.4 is 5.73 Å². The first-order chi connectivity index (χ1) is 19.1. The molecule has 0 aromatic carbocycles. The Kier molecular flexibility index (Phi) is 29.9. The smallest absolute Gasteiger partial charge is 0.326 e. The predicted octanol–water partition coefficient (Wildman–Crippen LogP) is 12.0. The largest absolute Gasteiger partial charge is 0.464 e. The maximum Gasteiger partial charge on any atom is 0.326 e. The van der Waals surface area contributed by atoms with Crippen LogP contribution in [0.25, 0.3) is 0 Å². The molecule has 0 bridgehead atoms. The van der Waals surface area contributed by atoms with Gasteiger partial charge in [-0.25, -0.2) is 0 Å². The number of hydrogen-bond acceptors (Lipinski definition) is 3. The lowest BCUT2D eigenvalue weighted by Gasteiger charge is -2.27. The second kappa shape index (κ2) is 30.4. The Balaban J connectivity index is 4.11. The highest BCUT2D eigenvalue weighted by atomic mass is 16.5. The molecule has 234 valence electrons. The van der Waals surface area contributed by atoms with E-state index in [-0.39, 0.29) is 5.97 Å². The van der Waals surface area contributed by atoms with Crippen LogP contribution in [0.3, 0.4) is 0 Å². The molecule has 0 heterocycles. The number of carbonyl (C=O) groups is 1. The SMILES string of the molecule is CCCCCCCCCCCCCCCC(N)(CCCCCCCCCCCCC)C(=O)OCCCCCC. The van der Waals surface area contributed by atoms with Crippen LogP contribution >= 0.6 is 0 Å². The predicted molar refractivity (Wildman–Crippen MR) is 173 cm³/mol. The lowest BCUT2D eigenvalue weighted by atomic mass is 9.87. The van der Waals surface area contributed by atoms with E-state index in [4.69, 9.17) is 10.5 Å². The highest BCUT2D eigenvalue weighted by Gasteiger charge is 2.34. The van der Waals surface area contributed by atoms with Gasteiger partial charge in [-0.1, -0.05) is 194 Å². The molecule has 1 unspecified atom stereocenters. The monoisotopic (exact) mass is 552 g/mol. The van der Waals surface area contributed by atoms with E-state index >= 15 is 0 Å². The van der Waals surface area contributed by atoms with Gasteiger partial charge in [0.25, 0.3) is 0 Å². The third-order valence-corrected chi connectivity index (χ3v) is 8.59. The zero-order valence-electron chi connectivity index (χ0n) is 27.3. The lowest BCUT2D eigenvalue weighted by Crippen LogP contribution is -2.49. The van der Waals surface area contributed by atoms with Crippen molar-refractivity contribution < 1.29 is 9.53 Å². The number of unbranched alkanes of at least 4 members (excludes halogenated alkanes) is 25. The second-order valence-electron chi connectivity index (χ2n) is 12.6. The van der Waals surface area contributed by atoms with Crippen LogP contribution in [0.15, 0.2) is 0 Å². The second-order valence-corrected chi connectivity index (χ2v) is 12.6. The number of hydrogen-bond donors (Lipinski definition) is 1. The third kappa shape index (κ3) is 26.1. The highest BCUT2D eigenvalue weighted by molar-refractivity contribution is 5.80. The minimum absolute atomic E-state index is 0.134. The van der Waals surface area contributed by atoms with Crippen molar-refractivity contribution in [1.82, 2.24) is 0 Å². The van der Waals surface area contributed by atoms with Crippen LogP contribution in [-0.4, -0.2) is 18.1 Å². The minimum Gasteiger partial charge on any atom is -0.464 e. The first-order valence-electron chi connectivity index (χ1n) is 18.1. The summed E-state index contributed by atoms with van der Waals surface area (Å²) in [7, 11) is 0. The van der Waals surface area contributed by atoms with Gasteiger partial charge in [0.2, 0.25) is 0 Å². The number of carbonyl (C=O) groups excluding carboxylic acids is 1. The third-order valence-electron chi connectivity index (χ3n) is 8.59. The van der Waals surface area contributed by atoms with Crippen LogP contribution in [-0.2, 0) is 9.53 Å². The molecule has 0 aliphatic carbocycles.